The molecule has 0 saturated heterocycles. The number of benzene rings is 2. The molecular formula is C21H28N4O3S. The molecule has 0 aliphatic heterocycles. The number of imidazole rings is 1. The lowest BCUT2D eigenvalue weighted by Crippen LogP contribution is -2.22. The number of nitrogens with one attached hydrogen (secondary N) is 1. The maximum absolute atomic E-state index is 12.5. The van der Waals surface area contributed by atoms with Crippen LogP contribution in [0.1, 0.15) is 24.7 Å². The van der Waals surface area contributed by atoms with Gasteiger partial charge in [-0.3, -0.25) is 0 Å². The number of aryl methyl sites for hydroxylation is 2. The van der Waals surface area contributed by atoms with E-state index in [1.807, 2.05) is 31.2 Å². The van der Waals surface area contributed by atoms with Crippen LogP contribution >= 0.6 is 0 Å². The van der Waals surface area contributed by atoms with Gasteiger partial charge >= 0.3 is 0 Å². The SMILES string of the molecule is CCCn1c(CNc2cc(C)ccc2OC)nc2cc(S(=O)(=O)N(C)C)ccc21. The maximum Gasteiger partial charge on any atom is 0.242 e. The molecule has 0 spiro atoms. The van der Waals surface area contributed by atoms with E-state index >= 15 is 0 Å². The Morgan fingerprint density at radius 1 is 1.17 bits per heavy atom. The highest BCUT2D eigenvalue weighted by atomic mass is 32.2. The Morgan fingerprint density at radius 3 is 2.59 bits per heavy atom. The van der Waals surface area contributed by atoms with Crippen molar-refractivity contribution in [2.75, 3.05) is 26.5 Å². The molecule has 3 aromatic rings. The zero-order valence-electron chi connectivity index (χ0n) is 17.6. The summed E-state index contributed by atoms with van der Waals surface area (Å²) in [5, 5.41) is 3.41. The monoisotopic (exact) mass is 416 g/mol. The Bertz CT molecular complexity index is 1120. The van der Waals surface area contributed by atoms with E-state index in [4.69, 9.17) is 9.72 Å². The van der Waals surface area contributed by atoms with E-state index in [0.29, 0.717) is 12.1 Å². The highest BCUT2D eigenvalue weighted by Gasteiger charge is 2.19. The van der Waals surface area contributed by atoms with Crippen LogP contribution in [-0.2, 0) is 23.1 Å². The van der Waals surface area contributed by atoms with E-state index in [2.05, 4.69) is 16.8 Å². The Morgan fingerprint density at radius 2 is 1.93 bits per heavy atom. The van der Waals surface area contributed by atoms with E-state index in [0.717, 1.165) is 41.3 Å². The van der Waals surface area contributed by atoms with Gasteiger partial charge in [-0.1, -0.05) is 13.0 Å². The molecule has 0 bridgehead atoms. The molecule has 7 nitrogen and oxygen atoms in total. The van der Waals surface area contributed by atoms with Crippen LogP contribution in [0.2, 0.25) is 0 Å². The second kappa shape index (κ2) is 8.42. The Hall–Kier alpha value is -2.58. The van der Waals surface area contributed by atoms with Crippen molar-refractivity contribution >= 4 is 26.7 Å². The van der Waals surface area contributed by atoms with Crippen LogP contribution < -0.4 is 10.1 Å². The molecular weight excluding hydrogens is 388 g/mol. The smallest absolute Gasteiger partial charge is 0.242 e. The molecule has 1 aromatic heterocycles. The van der Waals surface area contributed by atoms with Crippen LogP contribution in [0.4, 0.5) is 5.69 Å². The number of hydrogen-bond donors (Lipinski definition) is 1. The van der Waals surface area contributed by atoms with Gasteiger partial charge in [0.2, 0.25) is 10.0 Å². The van der Waals surface area contributed by atoms with Crippen molar-refractivity contribution in [3.05, 3.63) is 47.8 Å². The first-order chi connectivity index (χ1) is 13.8. The summed E-state index contributed by atoms with van der Waals surface area (Å²) in [5.41, 5.74) is 3.64. The van der Waals surface area contributed by atoms with E-state index < -0.39 is 10.0 Å². The van der Waals surface area contributed by atoms with Crippen LogP contribution in [0.15, 0.2) is 41.3 Å². The molecule has 8 heteroatoms. The Kier molecular flexibility index (Phi) is 6.14. The first-order valence-electron chi connectivity index (χ1n) is 9.58. The third kappa shape index (κ3) is 4.23. The molecule has 3 rings (SSSR count). The fourth-order valence-corrected chi connectivity index (χ4v) is 4.20. The van der Waals surface area contributed by atoms with Crippen molar-refractivity contribution < 1.29 is 13.2 Å². The molecule has 29 heavy (non-hydrogen) atoms. The van der Waals surface area contributed by atoms with Gasteiger partial charge in [-0.2, -0.15) is 0 Å². The van der Waals surface area contributed by atoms with Crippen LogP contribution in [0.3, 0.4) is 0 Å². The molecule has 0 atom stereocenters. The number of sulfonamides is 1. The lowest BCUT2D eigenvalue weighted by molar-refractivity contribution is 0.416. The van der Waals surface area contributed by atoms with Crippen molar-refractivity contribution in [1.82, 2.24) is 13.9 Å². The van der Waals surface area contributed by atoms with Crippen molar-refractivity contribution in [3.8, 4) is 5.75 Å². The number of ether oxygens (including phenoxy) is 1. The van der Waals surface area contributed by atoms with E-state index in [9.17, 15) is 8.42 Å². The number of hydrogen-bond acceptors (Lipinski definition) is 5. The zero-order chi connectivity index (χ0) is 21.2. The van der Waals surface area contributed by atoms with Gasteiger partial charge in [0.25, 0.3) is 0 Å². The maximum atomic E-state index is 12.5. The summed E-state index contributed by atoms with van der Waals surface area (Å²) in [6.07, 6.45) is 0.948. The minimum atomic E-state index is -3.50. The average molecular weight is 417 g/mol. The van der Waals surface area contributed by atoms with Gasteiger partial charge < -0.3 is 14.6 Å². The molecule has 1 heterocycles. The predicted octanol–water partition coefficient (Wildman–Crippen LogP) is 3.63. The Labute approximate surface area is 172 Å². The third-order valence-electron chi connectivity index (χ3n) is 4.82. The summed E-state index contributed by atoms with van der Waals surface area (Å²) in [5.74, 6) is 1.62. The quantitative estimate of drug-likeness (QED) is 0.607. The lowest BCUT2D eigenvalue weighted by atomic mass is 10.2. The molecule has 156 valence electrons. The van der Waals surface area contributed by atoms with Crippen molar-refractivity contribution in [3.63, 3.8) is 0 Å². The van der Waals surface area contributed by atoms with Crippen molar-refractivity contribution in [2.24, 2.45) is 0 Å². The largest absolute Gasteiger partial charge is 0.495 e. The normalized spacial score (nSPS) is 11.9. The van der Waals surface area contributed by atoms with Crippen LogP contribution in [-0.4, -0.2) is 43.5 Å². The number of nitrogens with zero attached hydrogens (tertiary/aromatic N) is 3. The van der Waals surface area contributed by atoms with Crippen molar-refractivity contribution in [1.29, 1.82) is 0 Å². The Balaban J connectivity index is 1.99. The fraction of sp³-hybridized carbons (Fsp3) is 0.381. The molecule has 0 unspecified atom stereocenters. The number of rotatable bonds is 8. The average Bonchev–Trinajstić information content (AvgIpc) is 3.03. The second-order valence-electron chi connectivity index (χ2n) is 7.17. The molecule has 0 aliphatic carbocycles. The van der Waals surface area contributed by atoms with E-state index in [1.165, 1.54) is 18.4 Å². The lowest BCUT2D eigenvalue weighted by Gasteiger charge is -2.13. The van der Waals surface area contributed by atoms with Gasteiger partial charge in [-0.25, -0.2) is 17.7 Å². The highest BCUT2D eigenvalue weighted by molar-refractivity contribution is 7.89. The number of fused-ring (bicyclic) bond motifs is 1. The van der Waals surface area contributed by atoms with Gasteiger partial charge in [-0.15, -0.1) is 0 Å². The van der Waals surface area contributed by atoms with Crippen molar-refractivity contribution in [2.45, 2.75) is 38.3 Å². The molecule has 1 N–H and O–H groups in total. The van der Waals surface area contributed by atoms with Gasteiger partial charge in [0.05, 0.1) is 35.3 Å². The number of anilines is 1. The molecule has 0 aliphatic rings. The van der Waals surface area contributed by atoms with E-state index in [1.54, 1.807) is 19.2 Å². The van der Waals surface area contributed by atoms with Gasteiger partial charge in [-0.05, 0) is 49.2 Å². The third-order valence-corrected chi connectivity index (χ3v) is 6.63. The summed E-state index contributed by atoms with van der Waals surface area (Å²) >= 11 is 0. The summed E-state index contributed by atoms with van der Waals surface area (Å²) in [7, 11) is 1.20. The first-order valence-corrected chi connectivity index (χ1v) is 11.0. The second-order valence-corrected chi connectivity index (χ2v) is 9.33. The van der Waals surface area contributed by atoms with E-state index in [-0.39, 0.29) is 4.90 Å². The van der Waals surface area contributed by atoms with Gasteiger partial charge in [0, 0.05) is 20.6 Å². The standard InChI is InChI=1S/C21H28N4O3S/c1-6-11-25-19-9-8-16(29(26,27)24(3)4)13-17(19)23-21(25)14-22-18-12-15(2)7-10-20(18)28-5/h7-10,12-13,22H,6,11,14H2,1-5H3. The molecule has 0 amide bonds. The highest BCUT2D eigenvalue weighted by Crippen LogP contribution is 2.27. The minimum absolute atomic E-state index is 0.246. The minimum Gasteiger partial charge on any atom is -0.495 e. The molecule has 0 saturated carbocycles. The van der Waals surface area contributed by atoms with Crippen LogP contribution in [0.25, 0.3) is 11.0 Å². The molecule has 0 fully saturated rings. The summed E-state index contributed by atoms with van der Waals surface area (Å²) < 4.78 is 33.7. The zero-order valence-corrected chi connectivity index (χ0v) is 18.4. The fourth-order valence-electron chi connectivity index (χ4n) is 3.27. The molecule has 0 radical (unpaired) electrons. The molecule has 2 aromatic carbocycles. The van der Waals surface area contributed by atoms with Crippen LogP contribution in [0, 0.1) is 6.92 Å². The number of aromatic nitrogens is 2. The summed E-state index contributed by atoms with van der Waals surface area (Å²) in [4.78, 5) is 4.98. The summed E-state index contributed by atoms with van der Waals surface area (Å²) in [6, 6.07) is 11.1. The van der Waals surface area contributed by atoms with Crippen LogP contribution in [0.5, 0.6) is 5.75 Å². The van der Waals surface area contributed by atoms with Gasteiger partial charge in [0.1, 0.15) is 11.6 Å². The predicted molar refractivity (Wildman–Crippen MR) is 116 cm³/mol. The first kappa shape index (κ1) is 21.1. The number of methoxy groups -OCH3 is 1. The van der Waals surface area contributed by atoms with Gasteiger partial charge in [0.15, 0.2) is 0 Å². The summed E-state index contributed by atoms with van der Waals surface area (Å²) in [6.45, 7) is 5.45. The topological polar surface area (TPSA) is 76.5 Å².